The predicted octanol–water partition coefficient (Wildman–Crippen LogP) is 2.14. The molecule has 1 aliphatic heterocycles. The fourth-order valence-electron chi connectivity index (χ4n) is 2.23. The molecule has 0 unspecified atom stereocenters. The molecule has 1 aliphatic rings. The Bertz CT molecular complexity index is 422. The normalized spacial score (nSPS) is 16.3. The molecule has 0 N–H and O–H groups in total. The first-order valence-electron chi connectivity index (χ1n) is 6.48. The second kappa shape index (κ2) is 5.80. The van der Waals surface area contributed by atoms with Crippen molar-refractivity contribution in [2.24, 2.45) is 0 Å². The standard InChI is InChI=1S/C13H21N3OS/c1-10-12(18-11(14-10)9-15(2)3)13(17)16-7-5-4-6-8-16/h4-9H2,1-3H3. The number of amides is 1. The average Bonchev–Trinajstić information content (AvgIpc) is 2.69. The van der Waals surface area contributed by atoms with Crippen LogP contribution >= 0.6 is 11.3 Å². The van der Waals surface area contributed by atoms with E-state index in [1.165, 1.54) is 6.42 Å². The molecule has 0 atom stereocenters. The number of thiazole rings is 1. The lowest BCUT2D eigenvalue weighted by Gasteiger charge is -2.26. The van der Waals surface area contributed by atoms with Gasteiger partial charge >= 0.3 is 0 Å². The highest BCUT2D eigenvalue weighted by Gasteiger charge is 2.22. The van der Waals surface area contributed by atoms with Crippen LogP contribution in [0.15, 0.2) is 0 Å². The van der Waals surface area contributed by atoms with Crippen LogP contribution in [0.25, 0.3) is 0 Å². The van der Waals surface area contributed by atoms with E-state index >= 15 is 0 Å². The van der Waals surface area contributed by atoms with Gasteiger partial charge < -0.3 is 9.80 Å². The van der Waals surface area contributed by atoms with Crippen LogP contribution < -0.4 is 0 Å². The Morgan fingerprint density at radius 1 is 1.33 bits per heavy atom. The fraction of sp³-hybridized carbons (Fsp3) is 0.692. The fourth-order valence-corrected chi connectivity index (χ4v) is 3.38. The molecule has 5 heteroatoms. The predicted molar refractivity (Wildman–Crippen MR) is 74.0 cm³/mol. The smallest absolute Gasteiger partial charge is 0.265 e. The Morgan fingerprint density at radius 2 is 2.00 bits per heavy atom. The van der Waals surface area contributed by atoms with Gasteiger partial charge in [-0.05, 0) is 40.3 Å². The molecule has 18 heavy (non-hydrogen) atoms. The van der Waals surface area contributed by atoms with Gasteiger partial charge in [-0.2, -0.15) is 0 Å². The minimum Gasteiger partial charge on any atom is -0.338 e. The van der Waals surface area contributed by atoms with E-state index in [4.69, 9.17) is 0 Å². The van der Waals surface area contributed by atoms with E-state index in [0.29, 0.717) is 0 Å². The SMILES string of the molecule is Cc1nc(CN(C)C)sc1C(=O)N1CCCCC1. The van der Waals surface area contributed by atoms with Crippen molar-refractivity contribution in [3.63, 3.8) is 0 Å². The van der Waals surface area contributed by atoms with Crippen molar-refractivity contribution >= 4 is 17.2 Å². The molecule has 100 valence electrons. The van der Waals surface area contributed by atoms with E-state index in [1.54, 1.807) is 11.3 Å². The van der Waals surface area contributed by atoms with Gasteiger partial charge in [0.2, 0.25) is 0 Å². The highest BCUT2D eigenvalue weighted by Crippen LogP contribution is 2.22. The lowest BCUT2D eigenvalue weighted by molar-refractivity contribution is 0.0728. The summed E-state index contributed by atoms with van der Waals surface area (Å²) >= 11 is 1.55. The van der Waals surface area contributed by atoms with Gasteiger partial charge in [-0.25, -0.2) is 4.98 Å². The molecule has 1 fully saturated rings. The Morgan fingerprint density at radius 3 is 2.61 bits per heavy atom. The molecule has 0 radical (unpaired) electrons. The number of hydrogen-bond donors (Lipinski definition) is 0. The number of hydrogen-bond acceptors (Lipinski definition) is 4. The zero-order valence-corrected chi connectivity index (χ0v) is 12.2. The highest BCUT2D eigenvalue weighted by atomic mass is 32.1. The molecule has 1 amide bonds. The van der Waals surface area contributed by atoms with Crippen molar-refractivity contribution in [1.29, 1.82) is 0 Å². The van der Waals surface area contributed by atoms with Crippen LogP contribution in [0.1, 0.15) is 39.6 Å². The molecule has 0 bridgehead atoms. The summed E-state index contributed by atoms with van der Waals surface area (Å²) in [7, 11) is 4.03. The molecule has 2 rings (SSSR count). The first-order chi connectivity index (χ1) is 8.58. The number of carbonyl (C=O) groups excluding carboxylic acids is 1. The summed E-state index contributed by atoms with van der Waals surface area (Å²) in [6.45, 7) is 4.55. The van der Waals surface area contributed by atoms with E-state index in [-0.39, 0.29) is 5.91 Å². The molecule has 1 aromatic rings. The Hall–Kier alpha value is -0.940. The van der Waals surface area contributed by atoms with E-state index < -0.39 is 0 Å². The Kier molecular flexibility index (Phi) is 4.35. The minimum atomic E-state index is 0.176. The van der Waals surface area contributed by atoms with Gasteiger partial charge in [0.1, 0.15) is 9.88 Å². The average molecular weight is 267 g/mol. The Labute approximate surface area is 113 Å². The van der Waals surface area contributed by atoms with Gasteiger partial charge in [0.15, 0.2) is 0 Å². The molecule has 1 saturated heterocycles. The van der Waals surface area contributed by atoms with Crippen molar-refractivity contribution in [3.8, 4) is 0 Å². The molecule has 0 aromatic carbocycles. The molecule has 1 aromatic heterocycles. The molecule has 0 saturated carbocycles. The number of carbonyl (C=O) groups is 1. The summed E-state index contributed by atoms with van der Waals surface area (Å²) in [6, 6.07) is 0. The third-order valence-electron chi connectivity index (χ3n) is 3.13. The van der Waals surface area contributed by atoms with Crippen LogP contribution in [0.3, 0.4) is 0 Å². The summed E-state index contributed by atoms with van der Waals surface area (Å²) in [6.07, 6.45) is 3.51. The van der Waals surface area contributed by atoms with Gasteiger partial charge in [0, 0.05) is 19.6 Å². The van der Waals surface area contributed by atoms with E-state index in [2.05, 4.69) is 9.88 Å². The zero-order chi connectivity index (χ0) is 13.1. The van der Waals surface area contributed by atoms with Crippen LogP contribution in [0, 0.1) is 6.92 Å². The summed E-state index contributed by atoms with van der Waals surface area (Å²) < 4.78 is 0. The zero-order valence-electron chi connectivity index (χ0n) is 11.4. The number of likely N-dealkylation sites (tertiary alicyclic amines) is 1. The number of piperidine rings is 1. The second-order valence-electron chi connectivity index (χ2n) is 5.11. The summed E-state index contributed by atoms with van der Waals surface area (Å²) in [5.74, 6) is 0.176. The third-order valence-corrected chi connectivity index (χ3v) is 4.26. The van der Waals surface area contributed by atoms with Gasteiger partial charge in [0.05, 0.1) is 5.69 Å². The number of aromatic nitrogens is 1. The minimum absolute atomic E-state index is 0.176. The molecule has 0 spiro atoms. The quantitative estimate of drug-likeness (QED) is 0.842. The number of aryl methyl sites for hydroxylation is 1. The van der Waals surface area contributed by atoms with E-state index in [9.17, 15) is 4.79 Å². The monoisotopic (exact) mass is 267 g/mol. The van der Waals surface area contributed by atoms with Crippen LogP contribution in [-0.4, -0.2) is 47.9 Å². The van der Waals surface area contributed by atoms with Gasteiger partial charge in [-0.1, -0.05) is 0 Å². The topological polar surface area (TPSA) is 36.4 Å². The van der Waals surface area contributed by atoms with Gasteiger partial charge in [0.25, 0.3) is 5.91 Å². The summed E-state index contributed by atoms with van der Waals surface area (Å²) in [5, 5.41) is 1.03. The van der Waals surface area contributed by atoms with Crippen LogP contribution in [0.2, 0.25) is 0 Å². The number of rotatable bonds is 3. The largest absolute Gasteiger partial charge is 0.338 e. The lowest BCUT2D eigenvalue weighted by Crippen LogP contribution is -2.35. The Balaban J connectivity index is 2.11. The van der Waals surface area contributed by atoms with Crippen LogP contribution in [0.5, 0.6) is 0 Å². The summed E-state index contributed by atoms with van der Waals surface area (Å²) in [4.78, 5) is 21.8. The van der Waals surface area contributed by atoms with E-state index in [1.807, 2.05) is 25.9 Å². The molecule has 0 aliphatic carbocycles. The van der Waals surface area contributed by atoms with E-state index in [0.717, 1.165) is 48.1 Å². The van der Waals surface area contributed by atoms with Crippen molar-refractivity contribution in [1.82, 2.24) is 14.8 Å². The maximum atomic E-state index is 12.4. The number of nitrogens with zero attached hydrogens (tertiary/aromatic N) is 3. The van der Waals surface area contributed by atoms with Crippen LogP contribution in [0.4, 0.5) is 0 Å². The van der Waals surface area contributed by atoms with Crippen molar-refractivity contribution < 1.29 is 4.79 Å². The van der Waals surface area contributed by atoms with Crippen molar-refractivity contribution in [2.75, 3.05) is 27.2 Å². The van der Waals surface area contributed by atoms with Crippen molar-refractivity contribution in [2.45, 2.75) is 32.7 Å². The van der Waals surface area contributed by atoms with Crippen LogP contribution in [-0.2, 0) is 6.54 Å². The van der Waals surface area contributed by atoms with Crippen molar-refractivity contribution in [3.05, 3.63) is 15.6 Å². The van der Waals surface area contributed by atoms with Gasteiger partial charge in [-0.15, -0.1) is 11.3 Å². The third kappa shape index (κ3) is 3.09. The molecular weight excluding hydrogens is 246 g/mol. The highest BCUT2D eigenvalue weighted by molar-refractivity contribution is 7.13. The lowest BCUT2D eigenvalue weighted by atomic mass is 10.1. The maximum Gasteiger partial charge on any atom is 0.265 e. The second-order valence-corrected chi connectivity index (χ2v) is 6.20. The summed E-state index contributed by atoms with van der Waals surface area (Å²) in [5.41, 5.74) is 0.882. The first-order valence-corrected chi connectivity index (χ1v) is 7.30. The maximum absolute atomic E-state index is 12.4. The molecule has 2 heterocycles. The first kappa shape index (κ1) is 13.5. The van der Waals surface area contributed by atoms with Gasteiger partial charge in [-0.3, -0.25) is 4.79 Å². The molecular formula is C13H21N3OS. The molecule has 4 nitrogen and oxygen atoms in total.